The molecule has 1 aliphatic rings. The second-order valence-electron chi connectivity index (χ2n) is 4.78. The van der Waals surface area contributed by atoms with Crippen LogP contribution in [0.4, 0.5) is 4.39 Å². The SMILES string of the molecule is CN1CCC(NS(=O)(=O)c2ccc(F)c(CO)c2)C1. The molecular weight excluding hydrogens is 271 g/mol. The van der Waals surface area contributed by atoms with E-state index < -0.39 is 22.4 Å². The normalized spacial score (nSPS) is 20.9. The summed E-state index contributed by atoms with van der Waals surface area (Å²) in [5.41, 5.74) is -0.0218. The fourth-order valence-electron chi connectivity index (χ4n) is 2.16. The molecule has 0 amide bonds. The lowest BCUT2D eigenvalue weighted by Gasteiger charge is -2.14. The van der Waals surface area contributed by atoms with Crippen LogP contribution in [0.25, 0.3) is 0 Å². The van der Waals surface area contributed by atoms with Crippen molar-refractivity contribution in [3.05, 3.63) is 29.6 Å². The van der Waals surface area contributed by atoms with Crippen LogP contribution in [0.1, 0.15) is 12.0 Å². The number of rotatable bonds is 4. The van der Waals surface area contributed by atoms with Gasteiger partial charge in [-0.1, -0.05) is 0 Å². The molecule has 106 valence electrons. The van der Waals surface area contributed by atoms with E-state index in [4.69, 9.17) is 5.11 Å². The summed E-state index contributed by atoms with van der Waals surface area (Å²) in [4.78, 5) is 2.02. The van der Waals surface area contributed by atoms with Crippen molar-refractivity contribution in [2.75, 3.05) is 20.1 Å². The highest BCUT2D eigenvalue weighted by atomic mass is 32.2. The molecule has 0 bridgehead atoms. The van der Waals surface area contributed by atoms with E-state index >= 15 is 0 Å². The fourth-order valence-corrected chi connectivity index (χ4v) is 3.47. The number of halogens is 1. The number of likely N-dealkylation sites (N-methyl/N-ethyl adjacent to an activating group) is 1. The Balaban J connectivity index is 2.19. The summed E-state index contributed by atoms with van der Waals surface area (Å²) >= 11 is 0. The zero-order chi connectivity index (χ0) is 14.0. The van der Waals surface area contributed by atoms with Crippen molar-refractivity contribution in [3.8, 4) is 0 Å². The molecule has 1 aliphatic heterocycles. The van der Waals surface area contributed by atoms with Crippen molar-refractivity contribution in [2.45, 2.75) is 24.0 Å². The quantitative estimate of drug-likeness (QED) is 0.836. The molecule has 1 fully saturated rings. The highest BCUT2D eigenvalue weighted by Gasteiger charge is 2.25. The zero-order valence-electron chi connectivity index (χ0n) is 10.6. The van der Waals surface area contributed by atoms with Crippen molar-refractivity contribution >= 4 is 10.0 Å². The van der Waals surface area contributed by atoms with E-state index in [-0.39, 0.29) is 16.5 Å². The molecule has 1 aromatic carbocycles. The van der Waals surface area contributed by atoms with Crippen LogP contribution < -0.4 is 4.72 Å². The van der Waals surface area contributed by atoms with Gasteiger partial charge >= 0.3 is 0 Å². The molecule has 0 saturated carbocycles. The zero-order valence-corrected chi connectivity index (χ0v) is 11.5. The lowest BCUT2D eigenvalue weighted by molar-refractivity contribution is 0.275. The van der Waals surface area contributed by atoms with Crippen molar-refractivity contribution in [2.24, 2.45) is 0 Å². The monoisotopic (exact) mass is 288 g/mol. The van der Waals surface area contributed by atoms with E-state index in [0.717, 1.165) is 25.1 Å². The van der Waals surface area contributed by atoms with Crippen LogP contribution in [0, 0.1) is 5.82 Å². The van der Waals surface area contributed by atoms with Gasteiger partial charge in [0.15, 0.2) is 0 Å². The van der Waals surface area contributed by atoms with E-state index in [9.17, 15) is 12.8 Å². The smallest absolute Gasteiger partial charge is 0.240 e. The maximum atomic E-state index is 13.2. The molecule has 1 heterocycles. The second-order valence-corrected chi connectivity index (χ2v) is 6.49. The molecular formula is C12H17FN2O3S. The predicted molar refractivity (Wildman–Crippen MR) is 68.5 cm³/mol. The van der Waals surface area contributed by atoms with Gasteiger partial charge in [-0.3, -0.25) is 0 Å². The third kappa shape index (κ3) is 3.30. The number of sulfonamides is 1. The van der Waals surface area contributed by atoms with Gasteiger partial charge in [0, 0.05) is 18.2 Å². The van der Waals surface area contributed by atoms with E-state index in [1.165, 1.54) is 6.07 Å². The molecule has 1 saturated heterocycles. The summed E-state index contributed by atoms with van der Waals surface area (Å²) in [6.45, 7) is 0.979. The number of likely N-dealkylation sites (tertiary alicyclic amines) is 1. The van der Waals surface area contributed by atoms with E-state index in [1.54, 1.807) is 0 Å². The first-order valence-electron chi connectivity index (χ1n) is 6.02. The lowest BCUT2D eigenvalue weighted by Crippen LogP contribution is -2.36. The third-order valence-electron chi connectivity index (χ3n) is 3.21. The second kappa shape index (κ2) is 5.54. The van der Waals surface area contributed by atoms with Gasteiger partial charge in [0.2, 0.25) is 10.0 Å². The molecule has 7 heteroatoms. The lowest BCUT2D eigenvalue weighted by atomic mass is 10.2. The summed E-state index contributed by atoms with van der Waals surface area (Å²) in [7, 11) is -1.74. The Morgan fingerprint density at radius 2 is 2.26 bits per heavy atom. The average molecular weight is 288 g/mol. The number of nitrogens with one attached hydrogen (secondary N) is 1. The Kier molecular flexibility index (Phi) is 4.19. The Morgan fingerprint density at radius 3 is 2.84 bits per heavy atom. The van der Waals surface area contributed by atoms with Crippen molar-refractivity contribution in [1.29, 1.82) is 0 Å². The summed E-state index contributed by atoms with van der Waals surface area (Å²) in [6.07, 6.45) is 0.754. The van der Waals surface area contributed by atoms with Crippen LogP contribution in [-0.4, -0.2) is 44.6 Å². The van der Waals surface area contributed by atoms with Gasteiger partial charge in [0.25, 0.3) is 0 Å². The van der Waals surface area contributed by atoms with Crippen LogP contribution >= 0.6 is 0 Å². The molecule has 5 nitrogen and oxygen atoms in total. The Hall–Kier alpha value is -1.02. The molecule has 0 spiro atoms. The topological polar surface area (TPSA) is 69.6 Å². The number of hydrogen-bond donors (Lipinski definition) is 2. The molecule has 1 atom stereocenters. The van der Waals surface area contributed by atoms with Crippen molar-refractivity contribution in [3.63, 3.8) is 0 Å². The van der Waals surface area contributed by atoms with Crippen LogP contribution in [0.3, 0.4) is 0 Å². The highest BCUT2D eigenvalue weighted by molar-refractivity contribution is 7.89. The maximum absolute atomic E-state index is 13.2. The molecule has 0 radical (unpaired) electrons. The van der Waals surface area contributed by atoms with Crippen molar-refractivity contribution in [1.82, 2.24) is 9.62 Å². The number of hydrogen-bond acceptors (Lipinski definition) is 4. The third-order valence-corrected chi connectivity index (χ3v) is 4.73. The Bertz CT molecular complexity index is 562. The van der Waals surface area contributed by atoms with Crippen LogP contribution in [0.15, 0.2) is 23.1 Å². The summed E-state index contributed by atoms with van der Waals surface area (Å²) < 4.78 is 40.1. The maximum Gasteiger partial charge on any atom is 0.240 e. The molecule has 0 aromatic heterocycles. The van der Waals surface area contributed by atoms with Gasteiger partial charge in [-0.15, -0.1) is 0 Å². The largest absolute Gasteiger partial charge is 0.392 e. The summed E-state index contributed by atoms with van der Waals surface area (Å²) in [5, 5.41) is 8.97. The van der Waals surface area contributed by atoms with E-state index in [0.29, 0.717) is 6.54 Å². The number of benzene rings is 1. The van der Waals surface area contributed by atoms with Gasteiger partial charge < -0.3 is 10.0 Å². The average Bonchev–Trinajstić information content (AvgIpc) is 2.74. The van der Waals surface area contributed by atoms with Crippen molar-refractivity contribution < 1.29 is 17.9 Å². The summed E-state index contributed by atoms with van der Waals surface area (Å²) in [6, 6.07) is 3.30. The van der Waals surface area contributed by atoms with Crippen LogP contribution in [-0.2, 0) is 16.6 Å². The van der Waals surface area contributed by atoms with Gasteiger partial charge in [-0.2, -0.15) is 0 Å². The molecule has 19 heavy (non-hydrogen) atoms. The minimum absolute atomic E-state index is 0.0208. The number of aliphatic hydroxyl groups excluding tert-OH is 1. The van der Waals surface area contributed by atoms with E-state index in [1.807, 2.05) is 11.9 Å². The molecule has 2 N–H and O–H groups in total. The summed E-state index contributed by atoms with van der Waals surface area (Å²) in [5.74, 6) is -0.609. The highest BCUT2D eigenvalue weighted by Crippen LogP contribution is 2.17. The number of nitrogens with zero attached hydrogens (tertiary/aromatic N) is 1. The van der Waals surface area contributed by atoms with E-state index in [2.05, 4.69) is 4.72 Å². The predicted octanol–water partition coefficient (Wildman–Crippen LogP) is 0.300. The first-order valence-corrected chi connectivity index (χ1v) is 7.51. The molecule has 1 aromatic rings. The van der Waals surface area contributed by atoms with Crippen LogP contribution in [0.5, 0.6) is 0 Å². The first kappa shape index (κ1) is 14.4. The fraction of sp³-hybridized carbons (Fsp3) is 0.500. The number of aliphatic hydroxyl groups is 1. The van der Waals surface area contributed by atoms with Gasteiger partial charge in [0.05, 0.1) is 11.5 Å². The van der Waals surface area contributed by atoms with Gasteiger partial charge in [-0.25, -0.2) is 17.5 Å². The first-order chi connectivity index (χ1) is 8.92. The van der Waals surface area contributed by atoms with Crippen LogP contribution in [0.2, 0.25) is 0 Å². The van der Waals surface area contributed by atoms with Gasteiger partial charge in [-0.05, 0) is 38.2 Å². The minimum atomic E-state index is -3.67. The van der Waals surface area contributed by atoms with Gasteiger partial charge in [0.1, 0.15) is 5.82 Å². The molecule has 1 unspecified atom stereocenters. The molecule has 2 rings (SSSR count). The molecule has 0 aliphatic carbocycles. The standard InChI is InChI=1S/C12H17FN2O3S/c1-15-5-4-10(7-15)14-19(17,18)11-2-3-12(13)9(6-11)8-16/h2-3,6,10,14,16H,4-5,7-8H2,1H3. The Morgan fingerprint density at radius 1 is 1.53 bits per heavy atom. The minimum Gasteiger partial charge on any atom is -0.392 e. The Labute approximate surface area is 112 Å².